The predicted molar refractivity (Wildman–Crippen MR) is 93.7 cm³/mol. The van der Waals surface area contributed by atoms with Gasteiger partial charge in [-0.1, -0.05) is 30.1 Å². The number of halogens is 2. The van der Waals surface area contributed by atoms with Crippen LogP contribution in [0.15, 0.2) is 36.5 Å². The highest BCUT2D eigenvalue weighted by molar-refractivity contribution is 6.35. The van der Waals surface area contributed by atoms with Gasteiger partial charge in [0.05, 0.1) is 16.4 Å². The largest absolute Gasteiger partial charge is 0.319 e. The maximum atomic E-state index is 12.7. The Balaban J connectivity index is 2.05. The summed E-state index contributed by atoms with van der Waals surface area (Å²) in [4.78, 5) is 17.3. The third kappa shape index (κ3) is 3.05. The van der Waals surface area contributed by atoms with Crippen LogP contribution in [0.25, 0.3) is 5.65 Å². The number of aromatic nitrogens is 2. The van der Waals surface area contributed by atoms with Crippen molar-refractivity contribution in [2.75, 3.05) is 5.32 Å². The molecule has 0 fully saturated rings. The molecule has 3 rings (SSSR count). The fourth-order valence-electron chi connectivity index (χ4n) is 2.46. The maximum Gasteiger partial charge on any atom is 0.274 e. The summed E-state index contributed by atoms with van der Waals surface area (Å²) in [5, 5.41) is 3.76. The van der Waals surface area contributed by atoms with Gasteiger partial charge in [-0.25, -0.2) is 4.98 Å². The molecule has 23 heavy (non-hydrogen) atoms. The summed E-state index contributed by atoms with van der Waals surface area (Å²) in [7, 11) is 0. The molecule has 0 aliphatic carbocycles. The average molecular weight is 348 g/mol. The molecule has 0 saturated carbocycles. The van der Waals surface area contributed by atoms with Gasteiger partial charge in [-0.2, -0.15) is 0 Å². The fraction of sp³-hybridized carbons (Fsp3) is 0.176. The number of nitrogens with one attached hydrogen (secondary N) is 1. The molecule has 0 radical (unpaired) electrons. The minimum atomic E-state index is -0.262. The molecule has 0 saturated heterocycles. The molecule has 0 atom stereocenters. The van der Waals surface area contributed by atoms with Crippen molar-refractivity contribution in [1.29, 1.82) is 0 Å². The molecule has 2 heterocycles. The Labute approximate surface area is 144 Å². The zero-order valence-corrected chi connectivity index (χ0v) is 14.2. The van der Waals surface area contributed by atoms with Crippen molar-refractivity contribution in [3.63, 3.8) is 0 Å². The van der Waals surface area contributed by atoms with Crippen molar-refractivity contribution >= 4 is 40.4 Å². The summed E-state index contributed by atoms with van der Waals surface area (Å²) >= 11 is 12.1. The average Bonchev–Trinajstić information content (AvgIpc) is 2.88. The summed E-state index contributed by atoms with van der Waals surface area (Å²) in [6, 6.07) is 8.84. The summed E-state index contributed by atoms with van der Waals surface area (Å²) in [5.41, 5.74) is 3.58. The van der Waals surface area contributed by atoms with Gasteiger partial charge in [-0.15, -0.1) is 0 Å². The lowest BCUT2D eigenvalue weighted by Gasteiger charge is -2.09. The fourth-order valence-corrected chi connectivity index (χ4v) is 2.79. The van der Waals surface area contributed by atoms with E-state index in [0.29, 0.717) is 27.8 Å². The number of aryl methyl sites for hydroxylation is 2. The van der Waals surface area contributed by atoms with E-state index in [4.69, 9.17) is 23.2 Å². The maximum absolute atomic E-state index is 12.7. The Hall–Kier alpha value is -2.04. The number of hydrogen-bond acceptors (Lipinski definition) is 2. The van der Waals surface area contributed by atoms with Crippen molar-refractivity contribution < 1.29 is 4.79 Å². The van der Waals surface area contributed by atoms with Gasteiger partial charge in [0.1, 0.15) is 11.3 Å². The van der Waals surface area contributed by atoms with E-state index in [0.717, 1.165) is 16.9 Å². The van der Waals surface area contributed by atoms with E-state index in [9.17, 15) is 4.79 Å². The van der Waals surface area contributed by atoms with Gasteiger partial charge >= 0.3 is 0 Å². The third-order valence-electron chi connectivity index (χ3n) is 3.58. The Morgan fingerprint density at radius 1 is 1.26 bits per heavy atom. The van der Waals surface area contributed by atoms with Gasteiger partial charge in [0.2, 0.25) is 0 Å². The van der Waals surface area contributed by atoms with Gasteiger partial charge in [0.15, 0.2) is 0 Å². The molecule has 0 bridgehead atoms. The monoisotopic (exact) mass is 347 g/mol. The summed E-state index contributed by atoms with van der Waals surface area (Å²) in [5.74, 6) is -0.262. The van der Waals surface area contributed by atoms with E-state index in [2.05, 4.69) is 10.3 Å². The number of nitrogens with zero attached hydrogens (tertiary/aromatic N) is 2. The number of carbonyl (C=O) groups is 1. The Bertz CT molecular complexity index is 902. The number of hydrogen-bond donors (Lipinski definition) is 1. The molecule has 1 amide bonds. The zero-order chi connectivity index (χ0) is 16.6. The Morgan fingerprint density at radius 2 is 2.04 bits per heavy atom. The number of fused-ring (bicyclic) bond motifs is 1. The zero-order valence-electron chi connectivity index (χ0n) is 12.7. The summed E-state index contributed by atoms with van der Waals surface area (Å²) in [6.45, 7) is 3.96. The van der Waals surface area contributed by atoms with Crippen LogP contribution in [0, 0.1) is 6.92 Å². The Morgan fingerprint density at radius 3 is 2.78 bits per heavy atom. The second-order valence-electron chi connectivity index (χ2n) is 5.27. The van der Waals surface area contributed by atoms with Crippen LogP contribution in [0.5, 0.6) is 0 Å². The van der Waals surface area contributed by atoms with Crippen LogP contribution in [0.4, 0.5) is 5.69 Å². The minimum absolute atomic E-state index is 0.262. The van der Waals surface area contributed by atoms with Gasteiger partial charge < -0.3 is 5.32 Å². The molecule has 1 N–H and O–H groups in total. The lowest BCUT2D eigenvalue weighted by Crippen LogP contribution is -2.16. The number of anilines is 1. The van der Waals surface area contributed by atoms with E-state index < -0.39 is 0 Å². The van der Waals surface area contributed by atoms with Crippen LogP contribution < -0.4 is 5.32 Å². The van der Waals surface area contributed by atoms with Crippen molar-refractivity contribution in [2.45, 2.75) is 20.3 Å². The van der Waals surface area contributed by atoms with Crippen LogP contribution in [-0.4, -0.2) is 15.3 Å². The van der Waals surface area contributed by atoms with Gasteiger partial charge in [-0.05, 0) is 49.2 Å². The highest BCUT2D eigenvalue weighted by Gasteiger charge is 2.19. The molecular weight excluding hydrogens is 333 g/mol. The lowest BCUT2D eigenvalue weighted by molar-refractivity contribution is 0.102. The molecule has 4 nitrogen and oxygen atoms in total. The quantitative estimate of drug-likeness (QED) is 0.741. The number of imidazole rings is 1. The van der Waals surface area contributed by atoms with E-state index >= 15 is 0 Å². The van der Waals surface area contributed by atoms with Crippen LogP contribution in [0.1, 0.15) is 28.7 Å². The number of rotatable bonds is 3. The normalized spacial score (nSPS) is 11.0. The summed E-state index contributed by atoms with van der Waals surface area (Å²) < 4.78 is 1.79. The predicted octanol–water partition coefficient (Wildman–Crippen LogP) is 4.76. The molecule has 2 aromatic heterocycles. The number of amides is 1. The first kappa shape index (κ1) is 15.8. The topological polar surface area (TPSA) is 46.4 Å². The first-order valence-electron chi connectivity index (χ1n) is 7.23. The second kappa shape index (κ2) is 6.22. The second-order valence-corrected chi connectivity index (χ2v) is 6.11. The standard InChI is InChI=1S/C17H15Cl2N3O/c1-3-13-16(22-7-6-10(2)8-15(22)20-13)17(23)21-14-9-11(18)4-5-12(14)19/h4-9H,3H2,1-2H3,(H,21,23). The Kier molecular flexibility index (Phi) is 4.28. The van der Waals surface area contributed by atoms with Crippen molar-refractivity contribution in [3.05, 3.63) is 63.5 Å². The number of pyridine rings is 1. The number of carbonyl (C=O) groups excluding carboxylic acids is 1. The van der Waals surface area contributed by atoms with Crippen molar-refractivity contribution in [1.82, 2.24) is 9.38 Å². The minimum Gasteiger partial charge on any atom is -0.319 e. The lowest BCUT2D eigenvalue weighted by atomic mass is 10.2. The molecular formula is C17H15Cl2N3O. The van der Waals surface area contributed by atoms with E-state index in [-0.39, 0.29) is 5.91 Å². The van der Waals surface area contributed by atoms with Gasteiger partial charge in [0, 0.05) is 11.2 Å². The summed E-state index contributed by atoms with van der Waals surface area (Å²) in [6.07, 6.45) is 2.51. The molecule has 0 spiro atoms. The van der Waals surface area contributed by atoms with Crippen LogP contribution in [0.2, 0.25) is 10.0 Å². The van der Waals surface area contributed by atoms with E-state index in [1.54, 1.807) is 22.6 Å². The molecule has 0 aliphatic heterocycles. The van der Waals surface area contributed by atoms with Crippen LogP contribution in [0.3, 0.4) is 0 Å². The van der Waals surface area contributed by atoms with Crippen molar-refractivity contribution in [2.24, 2.45) is 0 Å². The first-order chi connectivity index (χ1) is 11.0. The molecule has 118 valence electrons. The van der Waals surface area contributed by atoms with E-state index in [1.807, 2.05) is 32.2 Å². The number of benzene rings is 1. The van der Waals surface area contributed by atoms with Crippen LogP contribution >= 0.6 is 23.2 Å². The highest BCUT2D eigenvalue weighted by atomic mass is 35.5. The SMILES string of the molecule is CCc1nc2cc(C)ccn2c1C(=O)Nc1cc(Cl)ccc1Cl. The third-order valence-corrected chi connectivity index (χ3v) is 4.15. The highest BCUT2D eigenvalue weighted by Crippen LogP contribution is 2.26. The first-order valence-corrected chi connectivity index (χ1v) is 7.99. The van der Waals surface area contributed by atoms with Gasteiger partial charge in [-0.3, -0.25) is 9.20 Å². The molecule has 1 aromatic carbocycles. The van der Waals surface area contributed by atoms with Crippen LogP contribution in [-0.2, 0) is 6.42 Å². The van der Waals surface area contributed by atoms with Crippen molar-refractivity contribution in [3.8, 4) is 0 Å². The molecule has 0 aliphatic rings. The van der Waals surface area contributed by atoms with E-state index in [1.165, 1.54) is 0 Å². The molecule has 6 heteroatoms. The smallest absolute Gasteiger partial charge is 0.274 e. The molecule has 3 aromatic rings. The molecule has 0 unspecified atom stereocenters. The van der Waals surface area contributed by atoms with Gasteiger partial charge in [0.25, 0.3) is 5.91 Å².